The lowest BCUT2D eigenvalue weighted by atomic mass is 10.1. The lowest BCUT2D eigenvalue weighted by Gasteiger charge is -2.03. The third-order valence-corrected chi connectivity index (χ3v) is 1.83. The lowest BCUT2D eigenvalue weighted by molar-refractivity contribution is 1.14. The minimum Gasteiger partial charge on any atom is -0.341 e. The van der Waals surface area contributed by atoms with Crippen LogP contribution in [-0.4, -0.2) is 4.32 Å². The Kier molecular flexibility index (Phi) is 3.56. The molecular weight excluding hydrogens is 186 g/mol. The van der Waals surface area contributed by atoms with E-state index in [1.807, 2.05) is 12.1 Å². The summed E-state index contributed by atoms with van der Waals surface area (Å²) in [5, 5.41) is 2.95. The van der Waals surface area contributed by atoms with Crippen LogP contribution in [0.1, 0.15) is 12.5 Å². The first-order chi connectivity index (χ1) is 5.72. The predicted molar refractivity (Wildman–Crippen MR) is 61.0 cm³/mol. The zero-order valence-electron chi connectivity index (χ0n) is 6.87. The molecule has 12 heavy (non-hydrogen) atoms. The zero-order chi connectivity index (χ0) is 8.97. The summed E-state index contributed by atoms with van der Waals surface area (Å²) < 4.78 is 0.499. The summed E-state index contributed by atoms with van der Waals surface area (Å²) in [6.07, 6.45) is 1.06. The van der Waals surface area contributed by atoms with E-state index in [1.165, 1.54) is 5.56 Å². The molecule has 1 aromatic rings. The summed E-state index contributed by atoms with van der Waals surface area (Å²) in [6.45, 7) is 2.13. The molecule has 0 spiro atoms. The summed E-state index contributed by atoms with van der Waals surface area (Å²) >= 11 is 8.77. The van der Waals surface area contributed by atoms with Crippen LogP contribution < -0.4 is 5.32 Å². The summed E-state index contributed by atoms with van der Waals surface area (Å²) in [7, 11) is 0. The van der Waals surface area contributed by atoms with Gasteiger partial charge in [0.05, 0.1) is 0 Å². The van der Waals surface area contributed by atoms with Crippen LogP contribution in [0.5, 0.6) is 0 Å². The van der Waals surface area contributed by atoms with Crippen LogP contribution in [-0.2, 0) is 6.42 Å². The molecule has 0 aliphatic heterocycles. The smallest absolute Gasteiger partial charge is 0.135 e. The van der Waals surface area contributed by atoms with Crippen molar-refractivity contribution < 1.29 is 0 Å². The molecule has 0 aliphatic rings. The Morgan fingerprint density at radius 2 is 2.00 bits per heavy atom. The molecule has 0 fully saturated rings. The Morgan fingerprint density at radius 3 is 2.42 bits per heavy atom. The van der Waals surface area contributed by atoms with Gasteiger partial charge in [-0.05, 0) is 24.1 Å². The molecule has 1 aromatic carbocycles. The van der Waals surface area contributed by atoms with Crippen molar-refractivity contribution in [1.29, 1.82) is 0 Å². The van der Waals surface area contributed by atoms with Crippen LogP contribution in [0.2, 0.25) is 0 Å². The molecule has 0 heterocycles. The number of aryl methyl sites for hydroxylation is 1. The van der Waals surface area contributed by atoms with Crippen molar-refractivity contribution in [3.8, 4) is 0 Å². The lowest BCUT2D eigenvalue weighted by Crippen LogP contribution is -2.00. The maximum atomic E-state index is 4.79. The normalized spacial score (nSPS) is 9.50. The van der Waals surface area contributed by atoms with Crippen molar-refractivity contribution in [2.45, 2.75) is 13.3 Å². The molecule has 1 rings (SSSR count). The fourth-order valence-corrected chi connectivity index (χ4v) is 1.19. The van der Waals surface area contributed by atoms with Crippen molar-refractivity contribution >= 4 is 34.9 Å². The van der Waals surface area contributed by atoms with Gasteiger partial charge in [-0.15, -0.1) is 12.6 Å². The summed E-state index contributed by atoms with van der Waals surface area (Å²) in [4.78, 5) is 0. The third kappa shape index (κ3) is 2.83. The Hall–Kier alpha value is -0.540. The first kappa shape index (κ1) is 9.55. The number of nitrogens with one attached hydrogen (secondary N) is 1. The van der Waals surface area contributed by atoms with Crippen LogP contribution >= 0.6 is 24.8 Å². The Morgan fingerprint density at radius 1 is 1.42 bits per heavy atom. The number of thiol groups is 1. The largest absolute Gasteiger partial charge is 0.341 e. The van der Waals surface area contributed by atoms with E-state index in [9.17, 15) is 0 Å². The number of rotatable bonds is 2. The van der Waals surface area contributed by atoms with Crippen molar-refractivity contribution in [2.75, 3.05) is 5.32 Å². The van der Waals surface area contributed by atoms with Crippen molar-refractivity contribution in [1.82, 2.24) is 0 Å². The van der Waals surface area contributed by atoms with Gasteiger partial charge in [-0.25, -0.2) is 0 Å². The summed E-state index contributed by atoms with van der Waals surface area (Å²) in [5.41, 5.74) is 2.32. The van der Waals surface area contributed by atoms with E-state index in [-0.39, 0.29) is 0 Å². The molecule has 1 N–H and O–H groups in total. The fourth-order valence-electron chi connectivity index (χ4n) is 0.947. The van der Waals surface area contributed by atoms with E-state index >= 15 is 0 Å². The van der Waals surface area contributed by atoms with E-state index < -0.39 is 0 Å². The molecule has 0 aliphatic carbocycles. The number of hydrogen-bond donors (Lipinski definition) is 2. The number of hydrogen-bond acceptors (Lipinski definition) is 1. The van der Waals surface area contributed by atoms with Crippen molar-refractivity contribution in [3.63, 3.8) is 0 Å². The van der Waals surface area contributed by atoms with Gasteiger partial charge in [-0.1, -0.05) is 31.3 Å². The molecule has 1 nitrogen and oxygen atoms in total. The van der Waals surface area contributed by atoms with Gasteiger partial charge in [0.1, 0.15) is 4.32 Å². The van der Waals surface area contributed by atoms with Gasteiger partial charge < -0.3 is 5.32 Å². The minimum atomic E-state index is 0.499. The molecule has 0 amide bonds. The first-order valence-corrected chi connectivity index (χ1v) is 4.67. The van der Waals surface area contributed by atoms with Gasteiger partial charge in [0.2, 0.25) is 0 Å². The van der Waals surface area contributed by atoms with Crippen LogP contribution in [0.3, 0.4) is 0 Å². The second-order valence-corrected chi connectivity index (χ2v) is 3.64. The Balaban J connectivity index is 2.71. The number of anilines is 1. The highest BCUT2D eigenvalue weighted by atomic mass is 32.1. The van der Waals surface area contributed by atoms with Gasteiger partial charge in [0, 0.05) is 5.69 Å². The highest BCUT2D eigenvalue weighted by Crippen LogP contribution is 2.10. The molecule has 64 valence electrons. The quantitative estimate of drug-likeness (QED) is 0.558. The topological polar surface area (TPSA) is 12.0 Å². The van der Waals surface area contributed by atoms with Crippen LogP contribution in [0.4, 0.5) is 5.69 Å². The second kappa shape index (κ2) is 4.48. The SMILES string of the molecule is CCc1ccc(NC(=S)S)cc1. The average molecular weight is 197 g/mol. The average Bonchev–Trinajstić information content (AvgIpc) is 2.05. The summed E-state index contributed by atoms with van der Waals surface area (Å²) in [6, 6.07) is 8.16. The van der Waals surface area contributed by atoms with E-state index in [2.05, 4.69) is 37.0 Å². The fraction of sp³-hybridized carbons (Fsp3) is 0.222. The third-order valence-electron chi connectivity index (χ3n) is 1.61. The minimum absolute atomic E-state index is 0.499. The molecule has 0 atom stereocenters. The van der Waals surface area contributed by atoms with Gasteiger partial charge in [-0.3, -0.25) is 0 Å². The van der Waals surface area contributed by atoms with Crippen molar-refractivity contribution in [3.05, 3.63) is 29.8 Å². The molecule has 0 saturated heterocycles. The number of benzene rings is 1. The van der Waals surface area contributed by atoms with Crippen LogP contribution in [0.25, 0.3) is 0 Å². The maximum Gasteiger partial charge on any atom is 0.135 e. The van der Waals surface area contributed by atoms with Gasteiger partial charge >= 0.3 is 0 Å². The van der Waals surface area contributed by atoms with E-state index in [4.69, 9.17) is 12.2 Å². The molecule has 0 unspecified atom stereocenters. The van der Waals surface area contributed by atoms with E-state index in [1.54, 1.807) is 0 Å². The molecule has 0 radical (unpaired) electrons. The van der Waals surface area contributed by atoms with Crippen LogP contribution in [0, 0.1) is 0 Å². The number of thiocarbonyl (C=S) groups is 1. The second-order valence-electron chi connectivity index (χ2n) is 2.48. The highest BCUT2D eigenvalue weighted by molar-refractivity contribution is 8.11. The van der Waals surface area contributed by atoms with E-state index in [0.717, 1.165) is 12.1 Å². The first-order valence-electron chi connectivity index (χ1n) is 3.81. The standard InChI is InChI=1S/C9H11NS2/c1-2-7-3-5-8(6-4-7)10-9(11)12/h3-6H,2H2,1H3,(H2,10,11,12). The molecule has 0 saturated carbocycles. The van der Waals surface area contributed by atoms with Gasteiger partial charge in [0.15, 0.2) is 0 Å². The Labute approximate surface area is 83.6 Å². The summed E-state index contributed by atoms with van der Waals surface area (Å²) in [5.74, 6) is 0. The van der Waals surface area contributed by atoms with Gasteiger partial charge in [0.25, 0.3) is 0 Å². The Bertz CT molecular complexity index is 266. The molecule has 3 heteroatoms. The molecule has 0 bridgehead atoms. The molecule has 0 aromatic heterocycles. The highest BCUT2D eigenvalue weighted by Gasteiger charge is 1.92. The van der Waals surface area contributed by atoms with Crippen molar-refractivity contribution in [2.24, 2.45) is 0 Å². The van der Waals surface area contributed by atoms with E-state index in [0.29, 0.717) is 4.32 Å². The van der Waals surface area contributed by atoms with Crippen LogP contribution in [0.15, 0.2) is 24.3 Å². The maximum absolute atomic E-state index is 4.79. The monoisotopic (exact) mass is 197 g/mol. The predicted octanol–water partition coefficient (Wildman–Crippen LogP) is 2.88. The molecular formula is C9H11NS2. The zero-order valence-corrected chi connectivity index (χ0v) is 8.58. The van der Waals surface area contributed by atoms with Gasteiger partial charge in [-0.2, -0.15) is 0 Å².